The van der Waals surface area contributed by atoms with Crippen LogP contribution in [0.2, 0.25) is 0 Å². The smallest absolute Gasteiger partial charge is 0.416 e. The standard InChI is InChI=1S/C25H21F3N6O3S/c1-13(35)32-24-34-22-19(5-2-6-20(22)38-24)37-21-11-17(30-12-31-21)15-8-7-14(25(26,27)28)10-18(15)33-23(36)16-4-3-9-29-16/h2,5-8,10-12,16,29H,3-4,9H2,1H3,(H,33,36)(H,32,34,35)/t16-/m0/s1. The number of nitrogens with zero attached hydrogens (tertiary/aromatic N) is 3. The van der Waals surface area contributed by atoms with Crippen molar-refractivity contribution < 1.29 is 27.5 Å². The monoisotopic (exact) mass is 542 g/mol. The fourth-order valence-corrected chi connectivity index (χ4v) is 4.97. The number of carbonyl (C=O) groups excluding carboxylic acids is 2. The molecule has 0 saturated carbocycles. The molecule has 0 radical (unpaired) electrons. The zero-order valence-electron chi connectivity index (χ0n) is 19.9. The number of thiazole rings is 1. The Morgan fingerprint density at radius 3 is 2.71 bits per heavy atom. The highest BCUT2D eigenvalue weighted by Crippen LogP contribution is 2.38. The first-order valence-electron chi connectivity index (χ1n) is 11.6. The van der Waals surface area contributed by atoms with Crippen molar-refractivity contribution in [3.63, 3.8) is 0 Å². The zero-order chi connectivity index (χ0) is 26.9. The van der Waals surface area contributed by atoms with E-state index in [1.165, 1.54) is 36.7 Å². The normalized spacial score (nSPS) is 15.4. The van der Waals surface area contributed by atoms with Crippen LogP contribution in [0.3, 0.4) is 0 Å². The minimum Gasteiger partial charge on any atom is -0.437 e. The highest BCUT2D eigenvalue weighted by molar-refractivity contribution is 7.22. The Balaban J connectivity index is 1.48. The number of aromatic nitrogens is 3. The molecule has 1 aliphatic heterocycles. The van der Waals surface area contributed by atoms with E-state index < -0.39 is 23.7 Å². The Morgan fingerprint density at radius 2 is 1.97 bits per heavy atom. The number of alkyl halides is 3. The van der Waals surface area contributed by atoms with Crippen LogP contribution in [0.5, 0.6) is 11.6 Å². The lowest BCUT2D eigenvalue weighted by Gasteiger charge is -2.17. The molecule has 2 aromatic heterocycles. The van der Waals surface area contributed by atoms with Crippen LogP contribution < -0.4 is 20.7 Å². The third-order valence-corrected chi connectivity index (χ3v) is 6.72. The van der Waals surface area contributed by atoms with E-state index in [0.717, 1.165) is 23.3 Å². The van der Waals surface area contributed by atoms with Crippen molar-refractivity contribution in [1.82, 2.24) is 20.3 Å². The molecule has 0 bridgehead atoms. The first-order chi connectivity index (χ1) is 18.2. The predicted molar refractivity (Wildman–Crippen MR) is 136 cm³/mol. The SMILES string of the molecule is CC(=O)Nc1nc2c(Oc3cc(-c4ccc(C(F)(F)F)cc4NC(=O)[C@@H]4CCCN4)ncn3)cccc2s1. The van der Waals surface area contributed by atoms with E-state index in [1.54, 1.807) is 12.1 Å². The molecule has 1 atom stereocenters. The van der Waals surface area contributed by atoms with Crippen molar-refractivity contribution >= 4 is 44.2 Å². The maximum absolute atomic E-state index is 13.4. The summed E-state index contributed by atoms with van der Waals surface area (Å²) >= 11 is 1.28. The van der Waals surface area contributed by atoms with Gasteiger partial charge in [0.1, 0.15) is 11.8 Å². The van der Waals surface area contributed by atoms with Gasteiger partial charge < -0.3 is 20.7 Å². The molecular weight excluding hydrogens is 521 g/mol. The number of para-hydroxylation sites is 1. The largest absolute Gasteiger partial charge is 0.437 e. The van der Waals surface area contributed by atoms with Gasteiger partial charge in [-0.2, -0.15) is 13.2 Å². The maximum atomic E-state index is 13.4. The molecule has 38 heavy (non-hydrogen) atoms. The number of carbonyl (C=O) groups is 2. The number of ether oxygens (including phenoxy) is 1. The molecule has 2 amide bonds. The second-order valence-electron chi connectivity index (χ2n) is 8.54. The number of hydrogen-bond acceptors (Lipinski definition) is 8. The maximum Gasteiger partial charge on any atom is 0.416 e. The average Bonchev–Trinajstić information content (AvgIpc) is 3.54. The summed E-state index contributed by atoms with van der Waals surface area (Å²) < 4.78 is 47.1. The number of benzene rings is 2. The van der Waals surface area contributed by atoms with Gasteiger partial charge in [0, 0.05) is 18.6 Å². The molecular formula is C25H21F3N6O3S. The molecule has 5 rings (SSSR count). The van der Waals surface area contributed by atoms with Crippen molar-refractivity contribution in [2.75, 3.05) is 17.2 Å². The van der Waals surface area contributed by atoms with Gasteiger partial charge in [0.15, 0.2) is 10.9 Å². The summed E-state index contributed by atoms with van der Waals surface area (Å²) in [6.45, 7) is 2.05. The van der Waals surface area contributed by atoms with Crippen molar-refractivity contribution in [1.29, 1.82) is 0 Å². The highest BCUT2D eigenvalue weighted by atomic mass is 32.1. The minimum atomic E-state index is -4.59. The van der Waals surface area contributed by atoms with Crippen LogP contribution in [0.15, 0.2) is 48.8 Å². The summed E-state index contributed by atoms with van der Waals surface area (Å²) in [6, 6.07) is 9.33. The molecule has 9 nitrogen and oxygen atoms in total. The van der Waals surface area contributed by atoms with Gasteiger partial charge in [-0.1, -0.05) is 23.5 Å². The van der Waals surface area contributed by atoms with E-state index in [2.05, 4.69) is 30.9 Å². The molecule has 0 unspecified atom stereocenters. The average molecular weight is 543 g/mol. The molecule has 1 saturated heterocycles. The quantitative estimate of drug-likeness (QED) is 0.306. The lowest BCUT2D eigenvalue weighted by molar-refractivity contribution is -0.137. The summed E-state index contributed by atoms with van der Waals surface area (Å²) in [7, 11) is 0. The van der Waals surface area contributed by atoms with Gasteiger partial charge in [-0.3, -0.25) is 9.59 Å². The molecule has 3 N–H and O–H groups in total. The third kappa shape index (κ3) is 5.58. The Morgan fingerprint density at radius 1 is 1.13 bits per heavy atom. The molecule has 0 spiro atoms. The van der Waals surface area contributed by atoms with Gasteiger partial charge in [-0.15, -0.1) is 0 Å². The molecule has 0 aliphatic carbocycles. The lowest BCUT2D eigenvalue weighted by atomic mass is 10.0. The highest BCUT2D eigenvalue weighted by Gasteiger charge is 2.32. The fourth-order valence-electron chi connectivity index (χ4n) is 4.04. The number of amides is 2. The van der Waals surface area contributed by atoms with E-state index in [1.807, 2.05) is 6.07 Å². The number of fused-ring (bicyclic) bond motifs is 1. The zero-order valence-corrected chi connectivity index (χ0v) is 20.7. The molecule has 4 aromatic rings. The van der Waals surface area contributed by atoms with Gasteiger partial charge in [0.2, 0.25) is 17.7 Å². The summed E-state index contributed by atoms with van der Waals surface area (Å²) in [5.74, 6) is -0.187. The van der Waals surface area contributed by atoms with Gasteiger partial charge in [-0.05, 0) is 43.7 Å². The first-order valence-corrected chi connectivity index (χ1v) is 12.4. The molecule has 1 aliphatic rings. The van der Waals surface area contributed by atoms with Gasteiger partial charge in [-0.25, -0.2) is 15.0 Å². The van der Waals surface area contributed by atoms with Crippen LogP contribution in [0.4, 0.5) is 24.0 Å². The van der Waals surface area contributed by atoms with Crippen molar-refractivity contribution in [3.8, 4) is 22.9 Å². The second-order valence-corrected chi connectivity index (χ2v) is 9.57. The van der Waals surface area contributed by atoms with Crippen LogP contribution >= 0.6 is 11.3 Å². The van der Waals surface area contributed by atoms with Crippen LogP contribution in [0.1, 0.15) is 25.3 Å². The van der Waals surface area contributed by atoms with Crippen molar-refractivity contribution in [2.45, 2.75) is 32.0 Å². The van der Waals surface area contributed by atoms with E-state index >= 15 is 0 Å². The van der Waals surface area contributed by atoms with E-state index in [0.29, 0.717) is 29.4 Å². The summed E-state index contributed by atoms with van der Waals surface area (Å²) in [5, 5.41) is 8.72. The number of hydrogen-bond donors (Lipinski definition) is 3. The van der Waals surface area contributed by atoms with E-state index in [9.17, 15) is 22.8 Å². The van der Waals surface area contributed by atoms with Gasteiger partial charge >= 0.3 is 6.18 Å². The number of anilines is 2. The van der Waals surface area contributed by atoms with Crippen molar-refractivity contribution in [2.24, 2.45) is 0 Å². The minimum absolute atomic E-state index is 0.0234. The van der Waals surface area contributed by atoms with Crippen LogP contribution in [0.25, 0.3) is 21.5 Å². The van der Waals surface area contributed by atoms with Gasteiger partial charge in [0.25, 0.3) is 0 Å². The number of halogens is 3. The molecule has 2 aromatic carbocycles. The van der Waals surface area contributed by atoms with Gasteiger partial charge in [0.05, 0.1) is 27.7 Å². The Labute approximate surface area is 218 Å². The molecule has 1 fully saturated rings. The fraction of sp³-hybridized carbons (Fsp3) is 0.240. The van der Waals surface area contributed by atoms with E-state index in [4.69, 9.17) is 4.74 Å². The molecule has 3 heterocycles. The van der Waals surface area contributed by atoms with Crippen molar-refractivity contribution in [3.05, 3.63) is 54.4 Å². The Kier molecular flexibility index (Phi) is 6.95. The third-order valence-electron chi connectivity index (χ3n) is 5.78. The van der Waals surface area contributed by atoms with E-state index in [-0.39, 0.29) is 28.7 Å². The lowest BCUT2D eigenvalue weighted by Crippen LogP contribution is -2.35. The first kappa shape index (κ1) is 25.5. The Hall–Kier alpha value is -4.10. The Bertz CT molecular complexity index is 1520. The molecule has 13 heteroatoms. The number of nitrogens with one attached hydrogen (secondary N) is 3. The number of rotatable bonds is 6. The van der Waals surface area contributed by atoms with Crippen LogP contribution in [-0.2, 0) is 15.8 Å². The second kappa shape index (κ2) is 10.3. The predicted octanol–water partition coefficient (Wildman–Crippen LogP) is 5.21. The van der Waals surface area contributed by atoms with Crippen LogP contribution in [-0.4, -0.2) is 39.4 Å². The summed E-state index contributed by atoms with van der Waals surface area (Å²) in [5.41, 5.74) is 0.114. The van der Waals surface area contributed by atoms with Crippen LogP contribution in [0, 0.1) is 0 Å². The topological polar surface area (TPSA) is 118 Å². The summed E-state index contributed by atoms with van der Waals surface area (Å²) in [6.07, 6.45) is -1.97. The molecule has 196 valence electrons. The summed E-state index contributed by atoms with van der Waals surface area (Å²) in [4.78, 5) is 36.9.